The number of hydrogen-bond donors (Lipinski definition) is 0. The topological polar surface area (TPSA) is 46.2 Å². The first-order valence-electron chi connectivity index (χ1n) is 9.05. The fourth-order valence-corrected chi connectivity index (χ4v) is 4.42. The summed E-state index contributed by atoms with van der Waals surface area (Å²) in [5, 5.41) is 0. The Kier molecular flexibility index (Phi) is 3.45. The second-order valence-electron chi connectivity index (χ2n) is 7.38. The van der Waals surface area contributed by atoms with Crippen LogP contribution in [0.3, 0.4) is 0 Å². The second-order valence-corrected chi connectivity index (χ2v) is 7.38. The van der Waals surface area contributed by atoms with E-state index in [0.29, 0.717) is 24.4 Å². The molecule has 3 atom stereocenters. The zero-order valence-electron chi connectivity index (χ0n) is 15.2. The van der Waals surface area contributed by atoms with Crippen molar-refractivity contribution in [2.45, 2.75) is 26.2 Å². The van der Waals surface area contributed by atoms with Crippen molar-refractivity contribution in [2.75, 3.05) is 20.7 Å². The maximum Gasteiger partial charge on any atom is 0.231 e. The van der Waals surface area contributed by atoms with E-state index in [4.69, 9.17) is 23.7 Å². The maximum atomic E-state index is 5.65. The first-order chi connectivity index (χ1) is 12.7. The Labute approximate surface area is 152 Å². The summed E-state index contributed by atoms with van der Waals surface area (Å²) in [5.41, 5.74) is 3.83. The van der Waals surface area contributed by atoms with Gasteiger partial charge >= 0.3 is 0 Å². The van der Waals surface area contributed by atoms with Crippen LogP contribution in [0.4, 0.5) is 0 Å². The van der Waals surface area contributed by atoms with Crippen molar-refractivity contribution in [1.82, 2.24) is 0 Å². The Bertz CT molecular complexity index is 875. The Hall–Kier alpha value is -2.56. The molecule has 0 unspecified atom stereocenters. The van der Waals surface area contributed by atoms with Crippen LogP contribution in [-0.4, -0.2) is 20.7 Å². The number of benzene rings is 2. The molecule has 5 nitrogen and oxygen atoms in total. The summed E-state index contributed by atoms with van der Waals surface area (Å²) in [4.78, 5) is 0. The van der Waals surface area contributed by atoms with Gasteiger partial charge in [-0.25, -0.2) is 0 Å². The molecule has 3 aliphatic rings. The minimum atomic E-state index is 0.237. The fourth-order valence-electron chi connectivity index (χ4n) is 4.42. The molecule has 0 radical (unpaired) electrons. The van der Waals surface area contributed by atoms with Crippen LogP contribution in [0.25, 0.3) is 0 Å². The van der Waals surface area contributed by atoms with Gasteiger partial charge in [-0.15, -0.1) is 0 Å². The van der Waals surface area contributed by atoms with Crippen LogP contribution in [0, 0.1) is 11.8 Å². The molecular formula is C21H22O5. The van der Waals surface area contributed by atoms with Gasteiger partial charge in [0.1, 0.15) is 0 Å². The number of methoxy groups -OCH3 is 1. The van der Waals surface area contributed by atoms with Gasteiger partial charge in [-0.3, -0.25) is 0 Å². The highest BCUT2D eigenvalue weighted by Crippen LogP contribution is 2.51. The molecule has 2 aromatic carbocycles. The summed E-state index contributed by atoms with van der Waals surface area (Å²) >= 11 is 0. The van der Waals surface area contributed by atoms with Gasteiger partial charge in [-0.1, -0.05) is 13.8 Å². The van der Waals surface area contributed by atoms with E-state index >= 15 is 0 Å². The summed E-state index contributed by atoms with van der Waals surface area (Å²) in [7, 11) is 1.67. The predicted molar refractivity (Wildman–Crippen MR) is 95.6 cm³/mol. The molecule has 0 saturated carbocycles. The summed E-state index contributed by atoms with van der Waals surface area (Å²) in [6, 6.07) is 8.48. The Morgan fingerprint density at radius 1 is 0.885 bits per heavy atom. The largest absolute Gasteiger partial charge is 0.493 e. The average Bonchev–Trinajstić information content (AvgIpc) is 3.28. The first-order valence-corrected chi connectivity index (χ1v) is 9.05. The van der Waals surface area contributed by atoms with Gasteiger partial charge in [0, 0.05) is 5.92 Å². The highest BCUT2D eigenvalue weighted by Gasteiger charge is 2.36. The van der Waals surface area contributed by atoms with Gasteiger partial charge in [0.05, 0.1) is 7.11 Å². The Morgan fingerprint density at radius 2 is 1.62 bits per heavy atom. The van der Waals surface area contributed by atoms with Gasteiger partial charge < -0.3 is 23.7 Å². The third-order valence-electron chi connectivity index (χ3n) is 5.97. The van der Waals surface area contributed by atoms with Crippen LogP contribution in [0.1, 0.15) is 36.5 Å². The zero-order valence-corrected chi connectivity index (χ0v) is 15.2. The number of fused-ring (bicyclic) bond motifs is 3. The Morgan fingerprint density at radius 3 is 2.42 bits per heavy atom. The molecule has 1 aliphatic carbocycles. The zero-order chi connectivity index (χ0) is 17.8. The van der Waals surface area contributed by atoms with Crippen LogP contribution >= 0.6 is 0 Å². The average molecular weight is 354 g/mol. The van der Waals surface area contributed by atoms with Gasteiger partial charge in [0.2, 0.25) is 19.3 Å². The molecule has 5 rings (SSSR count). The van der Waals surface area contributed by atoms with Gasteiger partial charge in [0.25, 0.3) is 0 Å². The molecule has 0 aromatic heterocycles. The van der Waals surface area contributed by atoms with E-state index in [9.17, 15) is 0 Å². The standard InChI is InChI=1S/C21H22O5/c1-11-4-13-5-16-17(24-9-23-16)8-15(13)20(12(11)2)14-6-18(22-3)21-19(7-14)25-10-26-21/h5-8,11-12,20H,4,9-10H2,1-3H3/t11-,12-,20+/m1/s1. The summed E-state index contributed by atoms with van der Waals surface area (Å²) < 4.78 is 28.0. The van der Waals surface area contributed by atoms with E-state index in [0.717, 1.165) is 29.4 Å². The minimum Gasteiger partial charge on any atom is -0.493 e. The lowest BCUT2D eigenvalue weighted by Crippen LogP contribution is -2.26. The van der Waals surface area contributed by atoms with Crippen molar-refractivity contribution >= 4 is 0 Å². The highest BCUT2D eigenvalue weighted by atomic mass is 16.7. The molecule has 0 amide bonds. The number of rotatable bonds is 2. The molecule has 0 bridgehead atoms. The molecule has 2 aromatic rings. The molecule has 2 heterocycles. The molecule has 0 saturated heterocycles. The predicted octanol–water partition coefficient (Wildman–Crippen LogP) is 4.11. The molecule has 2 aliphatic heterocycles. The van der Waals surface area contributed by atoms with Crippen LogP contribution in [0.5, 0.6) is 28.7 Å². The smallest absolute Gasteiger partial charge is 0.231 e. The van der Waals surface area contributed by atoms with Gasteiger partial charge in [-0.2, -0.15) is 0 Å². The molecule has 136 valence electrons. The lowest BCUT2D eigenvalue weighted by atomic mass is 9.68. The quantitative estimate of drug-likeness (QED) is 0.812. The van der Waals surface area contributed by atoms with Crippen LogP contribution in [0.15, 0.2) is 24.3 Å². The monoisotopic (exact) mass is 354 g/mol. The molecule has 0 spiro atoms. The van der Waals surface area contributed by atoms with Crippen molar-refractivity contribution in [3.8, 4) is 28.7 Å². The first kappa shape index (κ1) is 15.7. The maximum absolute atomic E-state index is 5.65. The van der Waals surface area contributed by atoms with Crippen LogP contribution in [-0.2, 0) is 6.42 Å². The van der Waals surface area contributed by atoms with E-state index in [-0.39, 0.29) is 12.7 Å². The van der Waals surface area contributed by atoms with Gasteiger partial charge in [0.15, 0.2) is 23.0 Å². The van der Waals surface area contributed by atoms with Crippen molar-refractivity contribution in [3.63, 3.8) is 0 Å². The molecule has 5 heteroatoms. The number of hydrogen-bond acceptors (Lipinski definition) is 5. The third-order valence-corrected chi connectivity index (χ3v) is 5.97. The SMILES string of the molecule is COc1cc([C@H]2c3cc4c(cc3C[C@@H](C)[C@H]2C)OCO4)cc2c1OCO2. The van der Waals surface area contributed by atoms with E-state index in [1.54, 1.807) is 7.11 Å². The molecule has 26 heavy (non-hydrogen) atoms. The summed E-state index contributed by atoms with van der Waals surface area (Å²) in [5.74, 6) is 5.15. The van der Waals surface area contributed by atoms with E-state index in [2.05, 4.69) is 38.1 Å². The second kappa shape index (κ2) is 5.73. The molecular weight excluding hydrogens is 332 g/mol. The highest BCUT2D eigenvalue weighted by molar-refractivity contribution is 5.59. The summed E-state index contributed by atoms with van der Waals surface area (Å²) in [6.07, 6.45) is 1.05. The van der Waals surface area contributed by atoms with Gasteiger partial charge in [-0.05, 0) is 59.2 Å². The van der Waals surface area contributed by atoms with Crippen molar-refractivity contribution in [3.05, 3.63) is 41.0 Å². The van der Waals surface area contributed by atoms with Crippen molar-refractivity contribution in [2.24, 2.45) is 11.8 Å². The van der Waals surface area contributed by atoms with Crippen molar-refractivity contribution in [1.29, 1.82) is 0 Å². The molecule has 0 fully saturated rings. The minimum absolute atomic E-state index is 0.237. The molecule has 0 N–H and O–H groups in total. The lowest BCUT2D eigenvalue weighted by molar-refractivity contribution is 0.171. The van der Waals surface area contributed by atoms with Crippen LogP contribution < -0.4 is 23.7 Å². The van der Waals surface area contributed by atoms with Crippen molar-refractivity contribution < 1.29 is 23.7 Å². The van der Waals surface area contributed by atoms with E-state index in [1.807, 2.05) is 0 Å². The third kappa shape index (κ3) is 2.23. The summed E-state index contributed by atoms with van der Waals surface area (Å²) in [6.45, 7) is 5.17. The fraction of sp³-hybridized carbons (Fsp3) is 0.429. The number of ether oxygens (including phenoxy) is 5. The lowest BCUT2D eigenvalue weighted by Gasteiger charge is -2.37. The van der Waals surface area contributed by atoms with E-state index < -0.39 is 0 Å². The van der Waals surface area contributed by atoms with Crippen LogP contribution in [0.2, 0.25) is 0 Å². The van der Waals surface area contributed by atoms with E-state index in [1.165, 1.54) is 16.7 Å². The Balaban J connectivity index is 1.67. The normalized spacial score (nSPS) is 25.1.